The van der Waals surface area contributed by atoms with Crippen LogP contribution in [0.3, 0.4) is 0 Å². The number of amides is 2. The number of nitro benzene ring substituents is 1. The van der Waals surface area contributed by atoms with E-state index in [0.29, 0.717) is 16.3 Å². The molecule has 2 aromatic carbocycles. The van der Waals surface area contributed by atoms with Crippen LogP contribution in [-0.4, -0.2) is 16.7 Å². The molecule has 2 N–H and O–H groups in total. The minimum atomic E-state index is -0.580. The number of halogens is 1. The van der Waals surface area contributed by atoms with Crippen LogP contribution in [0, 0.1) is 10.1 Å². The minimum absolute atomic E-state index is 0.0482. The van der Waals surface area contributed by atoms with Crippen molar-refractivity contribution < 1.29 is 14.5 Å². The van der Waals surface area contributed by atoms with E-state index in [4.69, 9.17) is 11.6 Å². The van der Waals surface area contributed by atoms with Crippen molar-refractivity contribution >= 4 is 40.9 Å². The Labute approximate surface area is 148 Å². The lowest BCUT2D eigenvalue weighted by molar-refractivity contribution is -0.384. The number of rotatable bonds is 5. The lowest BCUT2D eigenvalue weighted by Crippen LogP contribution is -2.28. The molecule has 0 unspecified atom stereocenters. The summed E-state index contributed by atoms with van der Waals surface area (Å²) in [5.41, 5.74) is 0.686. The van der Waals surface area contributed by atoms with E-state index in [1.807, 2.05) is 0 Å². The van der Waals surface area contributed by atoms with Crippen molar-refractivity contribution in [3.8, 4) is 0 Å². The maximum atomic E-state index is 12.4. The molecule has 0 spiro atoms. The standard InChI is InChI=1S/C17H14ClN3O4/c1-11(22)19-16(9-12-4-2-7-15(8-12)21(24)25)17(23)20-14-6-3-5-13(18)10-14/h2-10H,1H3,(H,19,22)(H,20,23). The molecule has 128 valence electrons. The molecule has 7 nitrogen and oxygen atoms in total. The summed E-state index contributed by atoms with van der Waals surface area (Å²) >= 11 is 5.87. The quantitative estimate of drug-likeness (QED) is 0.485. The summed E-state index contributed by atoms with van der Waals surface area (Å²) < 4.78 is 0. The van der Waals surface area contributed by atoms with Gasteiger partial charge in [0, 0.05) is 29.8 Å². The highest BCUT2D eigenvalue weighted by molar-refractivity contribution is 6.31. The smallest absolute Gasteiger partial charge is 0.272 e. The molecule has 0 radical (unpaired) electrons. The first-order valence-electron chi connectivity index (χ1n) is 7.16. The number of benzene rings is 2. The summed E-state index contributed by atoms with van der Waals surface area (Å²) in [6, 6.07) is 12.2. The number of hydrogen-bond acceptors (Lipinski definition) is 4. The van der Waals surface area contributed by atoms with Crippen molar-refractivity contribution in [1.29, 1.82) is 0 Å². The van der Waals surface area contributed by atoms with Crippen LogP contribution in [0.2, 0.25) is 5.02 Å². The largest absolute Gasteiger partial charge is 0.322 e. The second kappa shape index (κ2) is 8.07. The normalized spacial score (nSPS) is 10.9. The van der Waals surface area contributed by atoms with Crippen molar-refractivity contribution in [2.24, 2.45) is 0 Å². The van der Waals surface area contributed by atoms with E-state index in [0.717, 1.165) is 0 Å². The van der Waals surface area contributed by atoms with Gasteiger partial charge in [0.2, 0.25) is 5.91 Å². The van der Waals surface area contributed by atoms with E-state index < -0.39 is 16.7 Å². The van der Waals surface area contributed by atoms with Gasteiger partial charge in [0.1, 0.15) is 5.70 Å². The number of non-ortho nitro benzene ring substituents is 1. The summed E-state index contributed by atoms with van der Waals surface area (Å²) in [6.45, 7) is 1.26. The molecule has 0 bridgehead atoms. The summed E-state index contributed by atoms with van der Waals surface area (Å²) in [4.78, 5) is 34.1. The van der Waals surface area contributed by atoms with Gasteiger partial charge in [-0.15, -0.1) is 0 Å². The molecule has 0 atom stereocenters. The van der Waals surface area contributed by atoms with E-state index in [2.05, 4.69) is 10.6 Å². The number of carbonyl (C=O) groups excluding carboxylic acids is 2. The lowest BCUT2D eigenvalue weighted by Gasteiger charge is -2.10. The van der Waals surface area contributed by atoms with Crippen LogP contribution in [0.25, 0.3) is 6.08 Å². The van der Waals surface area contributed by atoms with Gasteiger partial charge in [-0.05, 0) is 29.8 Å². The molecular formula is C17H14ClN3O4. The molecule has 0 saturated carbocycles. The molecule has 0 fully saturated rings. The first kappa shape index (κ1) is 18.2. The van der Waals surface area contributed by atoms with Crippen LogP contribution in [-0.2, 0) is 9.59 Å². The first-order chi connectivity index (χ1) is 11.8. The Kier molecular flexibility index (Phi) is 5.86. The topological polar surface area (TPSA) is 101 Å². The zero-order valence-corrected chi connectivity index (χ0v) is 13.9. The van der Waals surface area contributed by atoms with Crippen molar-refractivity contribution in [2.45, 2.75) is 6.92 Å². The molecule has 2 amide bonds. The number of carbonyl (C=O) groups is 2. The molecule has 25 heavy (non-hydrogen) atoms. The summed E-state index contributed by atoms with van der Waals surface area (Å²) in [7, 11) is 0. The SMILES string of the molecule is CC(=O)NC(=Cc1cccc([N+](=O)[O-])c1)C(=O)Nc1cccc(Cl)c1. The molecule has 0 saturated heterocycles. The predicted molar refractivity (Wildman–Crippen MR) is 95.0 cm³/mol. The lowest BCUT2D eigenvalue weighted by atomic mass is 10.1. The van der Waals surface area contributed by atoms with Crippen molar-refractivity contribution in [3.05, 3.63) is 74.9 Å². The summed E-state index contributed by atoms with van der Waals surface area (Å²) in [5.74, 6) is -1.03. The van der Waals surface area contributed by atoms with Gasteiger partial charge in [-0.2, -0.15) is 0 Å². The van der Waals surface area contributed by atoms with Gasteiger partial charge in [0.05, 0.1) is 4.92 Å². The number of anilines is 1. The zero-order chi connectivity index (χ0) is 18.4. The number of nitro groups is 1. The molecular weight excluding hydrogens is 346 g/mol. The highest BCUT2D eigenvalue weighted by Crippen LogP contribution is 2.18. The van der Waals surface area contributed by atoms with E-state index in [-0.39, 0.29) is 11.4 Å². The van der Waals surface area contributed by atoms with E-state index in [1.54, 1.807) is 30.3 Å². The van der Waals surface area contributed by atoms with Crippen LogP contribution in [0.15, 0.2) is 54.2 Å². The van der Waals surface area contributed by atoms with Crippen molar-refractivity contribution in [2.75, 3.05) is 5.32 Å². The third-order valence-corrected chi connectivity index (χ3v) is 3.26. The Bertz CT molecular complexity index is 864. The maximum Gasteiger partial charge on any atom is 0.272 e. The van der Waals surface area contributed by atoms with Gasteiger partial charge < -0.3 is 10.6 Å². The van der Waals surface area contributed by atoms with E-state index in [1.165, 1.54) is 31.2 Å². The average molecular weight is 360 g/mol. The second-order valence-electron chi connectivity index (χ2n) is 5.06. The second-order valence-corrected chi connectivity index (χ2v) is 5.49. The fourth-order valence-corrected chi connectivity index (χ4v) is 2.20. The zero-order valence-electron chi connectivity index (χ0n) is 13.2. The Morgan fingerprint density at radius 2 is 1.88 bits per heavy atom. The van der Waals surface area contributed by atoms with Crippen LogP contribution in [0.4, 0.5) is 11.4 Å². The Balaban J connectivity index is 2.31. The molecule has 2 rings (SSSR count). The Hall–Kier alpha value is -3.19. The van der Waals surface area contributed by atoms with E-state index >= 15 is 0 Å². The molecule has 8 heteroatoms. The molecule has 0 aliphatic heterocycles. The third kappa shape index (κ3) is 5.43. The van der Waals surface area contributed by atoms with Crippen LogP contribution >= 0.6 is 11.6 Å². The molecule has 0 aliphatic carbocycles. The molecule has 2 aromatic rings. The first-order valence-corrected chi connectivity index (χ1v) is 7.53. The molecule has 0 heterocycles. The number of nitrogens with one attached hydrogen (secondary N) is 2. The van der Waals surface area contributed by atoms with Gasteiger partial charge in [-0.1, -0.05) is 29.8 Å². The predicted octanol–water partition coefficient (Wildman–Crippen LogP) is 3.36. The third-order valence-electron chi connectivity index (χ3n) is 3.03. The molecule has 0 aromatic heterocycles. The van der Waals surface area contributed by atoms with Crippen LogP contribution in [0.1, 0.15) is 12.5 Å². The van der Waals surface area contributed by atoms with Crippen molar-refractivity contribution in [3.63, 3.8) is 0 Å². The van der Waals surface area contributed by atoms with Gasteiger partial charge in [-0.3, -0.25) is 19.7 Å². The highest BCUT2D eigenvalue weighted by atomic mass is 35.5. The Morgan fingerprint density at radius 1 is 1.16 bits per heavy atom. The maximum absolute atomic E-state index is 12.4. The number of nitrogens with zero attached hydrogens (tertiary/aromatic N) is 1. The highest BCUT2D eigenvalue weighted by Gasteiger charge is 2.13. The monoisotopic (exact) mass is 359 g/mol. The van der Waals surface area contributed by atoms with Gasteiger partial charge >= 0.3 is 0 Å². The number of hydrogen-bond donors (Lipinski definition) is 2. The van der Waals surface area contributed by atoms with Gasteiger partial charge in [0.25, 0.3) is 11.6 Å². The van der Waals surface area contributed by atoms with Crippen LogP contribution in [0.5, 0.6) is 0 Å². The fourth-order valence-electron chi connectivity index (χ4n) is 2.01. The van der Waals surface area contributed by atoms with Gasteiger partial charge in [0.15, 0.2) is 0 Å². The van der Waals surface area contributed by atoms with Gasteiger partial charge in [-0.25, -0.2) is 0 Å². The Morgan fingerprint density at radius 3 is 2.52 bits per heavy atom. The fraction of sp³-hybridized carbons (Fsp3) is 0.0588. The minimum Gasteiger partial charge on any atom is -0.322 e. The van der Waals surface area contributed by atoms with E-state index in [9.17, 15) is 19.7 Å². The summed E-state index contributed by atoms with van der Waals surface area (Å²) in [6.07, 6.45) is 1.36. The summed E-state index contributed by atoms with van der Waals surface area (Å²) in [5, 5.41) is 16.3. The molecule has 0 aliphatic rings. The average Bonchev–Trinajstić information content (AvgIpc) is 2.54. The van der Waals surface area contributed by atoms with Crippen LogP contribution < -0.4 is 10.6 Å². The van der Waals surface area contributed by atoms with Crippen molar-refractivity contribution in [1.82, 2.24) is 5.32 Å².